The molecule has 0 aliphatic heterocycles. The zero-order valence-corrected chi connectivity index (χ0v) is 11.8. The molecular weight excluding hydrogens is 295 g/mol. The molecule has 2 aromatic carbocycles. The number of nitrogen functional groups attached to an aromatic ring is 1. The Bertz CT molecular complexity index is 767. The van der Waals surface area contributed by atoms with Crippen LogP contribution >= 0.6 is 23.2 Å². The van der Waals surface area contributed by atoms with Crippen LogP contribution in [0.25, 0.3) is 16.9 Å². The van der Waals surface area contributed by atoms with Gasteiger partial charge in [0.25, 0.3) is 0 Å². The molecule has 100 valence electrons. The van der Waals surface area contributed by atoms with Crippen molar-refractivity contribution in [2.24, 2.45) is 0 Å². The van der Waals surface area contributed by atoms with E-state index in [2.05, 4.69) is 10.3 Å². The van der Waals surface area contributed by atoms with E-state index in [9.17, 15) is 0 Å². The molecule has 4 nitrogen and oxygen atoms in total. The van der Waals surface area contributed by atoms with Gasteiger partial charge in [-0.3, -0.25) is 0 Å². The largest absolute Gasteiger partial charge is 0.399 e. The Morgan fingerprint density at radius 3 is 2.60 bits per heavy atom. The lowest BCUT2D eigenvalue weighted by Gasteiger charge is -2.01. The molecule has 2 N–H and O–H groups in total. The molecule has 6 heteroatoms. The summed E-state index contributed by atoms with van der Waals surface area (Å²) in [4.78, 5) is 0. The third-order valence-corrected chi connectivity index (χ3v) is 3.58. The van der Waals surface area contributed by atoms with E-state index in [-0.39, 0.29) is 0 Å². The Kier molecular flexibility index (Phi) is 3.34. The third kappa shape index (κ3) is 2.48. The second-order valence-electron chi connectivity index (χ2n) is 4.27. The highest BCUT2D eigenvalue weighted by Gasteiger charge is 2.07. The zero-order valence-electron chi connectivity index (χ0n) is 10.3. The molecule has 0 amide bonds. The molecule has 20 heavy (non-hydrogen) atoms. The minimum atomic E-state index is 0.489. The molecule has 0 atom stereocenters. The molecule has 3 aromatic rings. The summed E-state index contributed by atoms with van der Waals surface area (Å²) in [5.41, 5.74) is 8.85. The maximum Gasteiger partial charge on any atom is 0.113 e. The van der Waals surface area contributed by atoms with Crippen LogP contribution < -0.4 is 5.73 Å². The van der Waals surface area contributed by atoms with Gasteiger partial charge in [0.05, 0.1) is 21.9 Å². The van der Waals surface area contributed by atoms with Crippen LogP contribution in [0.15, 0.2) is 48.7 Å². The minimum Gasteiger partial charge on any atom is -0.399 e. The SMILES string of the molecule is Nc1cccc(-n2cc(-c3ccc(Cl)c(Cl)c3)nn2)c1. The molecule has 0 bridgehead atoms. The monoisotopic (exact) mass is 304 g/mol. The summed E-state index contributed by atoms with van der Waals surface area (Å²) >= 11 is 11.9. The molecular formula is C14H10Cl2N4. The molecule has 1 heterocycles. The first-order valence-electron chi connectivity index (χ1n) is 5.87. The number of benzene rings is 2. The number of anilines is 1. The lowest BCUT2D eigenvalue weighted by atomic mass is 10.2. The maximum absolute atomic E-state index is 6.00. The van der Waals surface area contributed by atoms with Crippen LogP contribution in [-0.2, 0) is 0 Å². The standard InChI is InChI=1S/C14H10Cl2N4/c15-12-5-4-9(6-13(12)16)14-8-20(19-18-14)11-3-1-2-10(17)7-11/h1-8H,17H2. The predicted molar refractivity (Wildman–Crippen MR) is 81.2 cm³/mol. The summed E-state index contributed by atoms with van der Waals surface area (Å²) in [5, 5.41) is 9.23. The van der Waals surface area contributed by atoms with Gasteiger partial charge in [-0.1, -0.05) is 40.5 Å². The summed E-state index contributed by atoms with van der Waals surface area (Å²) in [6, 6.07) is 12.8. The van der Waals surface area contributed by atoms with Crippen LogP contribution in [0.3, 0.4) is 0 Å². The molecule has 1 aromatic heterocycles. The van der Waals surface area contributed by atoms with Gasteiger partial charge in [0.2, 0.25) is 0 Å². The quantitative estimate of drug-likeness (QED) is 0.732. The van der Waals surface area contributed by atoms with Crippen LogP contribution in [0.5, 0.6) is 0 Å². The van der Waals surface area contributed by atoms with Crippen LogP contribution in [0.2, 0.25) is 10.0 Å². The van der Waals surface area contributed by atoms with Crippen molar-refractivity contribution in [3.8, 4) is 16.9 Å². The number of hydrogen-bond donors (Lipinski definition) is 1. The summed E-state index contributed by atoms with van der Waals surface area (Å²) < 4.78 is 1.66. The summed E-state index contributed by atoms with van der Waals surface area (Å²) in [6.07, 6.45) is 1.81. The highest BCUT2D eigenvalue weighted by atomic mass is 35.5. The van der Waals surface area contributed by atoms with Crippen molar-refractivity contribution < 1.29 is 0 Å². The number of nitrogens with two attached hydrogens (primary N) is 1. The second-order valence-corrected chi connectivity index (χ2v) is 5.09. The van der Waals surface area contributed by atoms with E-state index >= 15 is 0 Å². The fraction of sp³-hybridized carbons (Fsp3) is 0. The van der Waals surface area contributed by atoms with Crippen LogP contribution in [0.4, 0.5) is 5.69 Å². The predicted octanol–water partition coefficient (Wildman–Crippen LogP) is 3.82. The molecule has 3 rings (SSSR count). The number of rotatable bonds is 2. The summed E-state index contributed by atoms with van der Waals surface area (Å²) in [5.74, 6) is 0. The van der Waals surface area contributed by atoms with E-state index in [1.807, 2.05) is 36.5 Å². The Morgan fingerprint density at radius 2 is 1.85 bits per heavy atom. The smallest absolute Gasteiger partial charge is 0.113 e. The lowest BCUT2D eigenvalue weighted by molar-refractivity contribution is 0.804. The highest BCUT2D eigenvalue weighted by Crippen LogP contribution is 2.27. The van der Waals surface area contributed by atoms with Crippen molar-refractivity contribution in [2.45, 2.75) is 0 Å². The fourth-order valence-electron chi connectivity index (χ4n) is 1.85. The van der Waals surface area contributed by atoms with Gasteiger partial charge in [-0.05, 0) is 30.3 Å². The van der Waals surface area contributed by atoms with Gasteiger partial charge in [-0.15, -0.1) is 5.10 Å². The van der Waals surface area contributed by atoms with Gasteiger partial charge in [-0.2, -0.15) is 0 Å². The molecule has 0 saturated heterocycles. The second kappa shape index (κ2) is 5.15. The van der Waals surface area contributed by atoms with E-state index in [1.165, 1.54) is 0 Å². The molecule has 0 radical (unpaired) electrons. The average Bonchev–Trinajstić information content (AvgIpc) is 2.92. The number of halogens is 2. The van der Waals surface area contributed by atoms with Gasteiger partial charge in [0.1, 0.15) is 5.69 Å². The van der Waals surface area contributed by atoms with Gasteiger partial charge in [0, 0.05) is 11.3 Å². The minimum absolute atomic E-state index is 0.489. The molecule has 0 aliphatic rings. The molecule has 0 spiro atoms. The van der Waals surface area contributed by atoms with Crippen LogP contribution in [-0.4, -0.2) is 15.0 Å². The van der Waals surface area contributed by atoms with Crippen molar-refractivity contribution in [1.29, 1.82) is 0 Å². The number of aromatic nitrogens is 3. The maximum atomic E-state index is 6.00. The Balaban J connectivity index is 1.99. The molecule has 0 fully saturated rings. The highest BCUT2D eigenvalue weighted by molar-refractivity contribution is 6.42. The van der Waals surface area contributed by atoms with Gasteiger partial charge in [-0.25, -0.2) is 4.68 Å². The van der Waals surface area contributed by atoms with Crippen molar-refractivity contribution in [3.05, 3.63) is 58.7 Å². The van der Waals surface area contributed by atoms with Crippen molar-refractivity contribution >= 4 is 28.9 Å². The topological polar surface area (TPSA) is 56.7 Å². The number of nitrogens with zero attached hydrogens (tertiary/aromatic N) is 3. The van der Waals surface area contributed by atoms with Gasteiger partial charge >= 0.3 is 0 Å². The van der Waals surface area contributed by atoms with Gasteiger partial charge < -0.3 is 5.73 Å². The first-order valence-corrected chi connectivity index (χ1v) is 6.63. The van der Waals surface area contributed by atoms with Crippen molar-refractivity contribution in [1.82, 2.24) is 15.0 Å². The van der Waals surface area contributed by atoms with Gasteiger partial charge in [0.15, 0.2) is 0 Å². The molecule has 0 saturated carbocycles. The molecule has 0 aliphatic carbocycles. The number of hydrogen-bond acceptors (Lipinski definition) is 3. The van der Waals surface area contributed by atoms with Crippen LogP contribution in [0, 0.1) is 0 Å². The first kappa shape index (κ1) is 13.0. The zero-order chi connectivity index (χ0) is 14.1. The van der Waals surface area contributed by atoms with E-state index in [1.54, 1.807) is 16.8 Å². The average molecular weight is 305 g/mol. The van der Waals surface area contributed by atoms with Crippen LogP contribution in [0.1, 0.15) is 0 Å². The van der Waals surface area contributed by atoms with E-state index in [0.29, 0.717) is 21.4 Å². The fourth-order valence-corrected chi connectivity index (χ4v) is 2.14. The van der Waals surface area contributed by atoms with E-state index in [0.717, 1.165) is 11.3 Å². The summed E-state index contributed by atoms with van der Waals surface area (Å²) in [6.45, 7) is 0. The Morgan fingerprint density at radius 1 is 1.00 bits per heavy atom. The Hall–Kier alpha value is -2.04. The van der Waals surface area contributed by atoms with Crippen molar-refractivity contribution in [3.63, 3.8) is 0 Å². The Labute approximate surface area is 125 Å². The van der Waals surface area contributed by atoms with E-state index < -0.39 is 0 Å². The van der Waals surface area contributed by atoms with E-state index in [4.69, 9.17) is 28.9 Å². The van der Waals surface area contributed by atoms with Crippen molar-refractivity contribution in [2.75, 3.05) is 5.73 Å². The summed E-state index contributed by atoms with van der Waals surface area (Å²) in [7, 11) is 0. The lowest BCUT2D eigenvalue weighted by Crippen LogP contribution is -1.95. The third-order valence-electron chi connectivity index (χ3n) is 2.84. The first-order chi connectivity index (χ1) is 9.63. The molecule has 0 unspecified atom stereocenters. The normalized spacial score (nSPS) is 10.7.